The fourth-order valence-electron chi connectivity index (χ4n) is 1.40. The Morgan fingerprint density at radius 2 is 2.50 bits per heavy atom. The summed E-state index contributed by atoms with van der Waals surface area (Å²) in [5, 5.41) is 4.03. The van der Waals surface area contributed by atoms with Crippen molar-refractivity contribution in [1.29, 1.82) is 0 Å². The smallest absolute Gasteiger partial charge is 0.240 e. The number of carbonyl (C=O) groups is 1. The van der Waals surface area contributed by atoms with Crippen LogP contribution in [0.25, 0.3) is 0 Å². The highest BCUT2D eigenvalue weighted by atomic mass is 16.2. The molecule has 2 N–H and O–H groups in total. The fourth-order valence-corrected chi connectivity index (χ4v) is 1.40. The Kier molecular flexibility index (Phi) is 4.09. The van der Waals surface area contributed by atoms with E-state index in [-0.39, 0.29) is 12.3 Å². The number of hydrogen-bond acceptors (Lipinski definition) is 3. The molecule has 0 spiro atoms. The number of aromatic nitrogens is 2. The predicted molar refractivity (Wildman–Crippen MR) is 61.1 cm³/mol. The maximum atomic E-state index is 11.7. The van der Waals surface area contributed by atoms with Gasteiger partial charge < -0.3 is 10.6 Å². The first-order valence-electron chi connectivity index (χ1n) is 4.96. The summed E-state index contributed by atoms with van der Waals surface area (Å²) in [5.41, 5.74) is 6.60. The molecule has 0 saturated carbocycles. The van der Waals surface area contributed by atoms with Gasteiger partial charge in [-0.3, -0.25) is 9.48 Å². The summed E-state index contributed by atoms with van der Waals surface area (Å²) < 4.78 is 1.69. The summed E-state index contributed by atoms with van der Waals surface area (Å²) in [6, 6.07) is -0.619. The van der Waals surface area contributed by atoms with E-state index in [0.717, 1.165) is 5.56 Å². The molecule has 1 aromatic heterocycles. The largest absolute Gasteiger partial charge is 0.340 e. The number of likely N-dealkylation sites (N-methyl/N-ethyl adjacent to an activating group) is 1. The van der Waals surface area contributed by atoms with Crippen molar-refractivity contribution in [3.05, 3.63) is 18.0 Å². The van der Waals surface area contributed by atoms with E-state index in [2.05, 4.69) is 11.0 Å². The highest BCUT2D eigenvalue weighted by Gasteiger charge is 2.17. The molecule has 0 bridgehead atoms. The molecule has 86 valence electrons. The second-order valence-corrected chi connectivity index (χ2v) is 3.73. The van der Waals surface area contributed by atoms with Crippen molar-refractivity contribution in [2.45, 2.75) is 19.0 Å². The summed E-state index contributed by atoms with van der Waals surface area (Å²) in [4.78, 5) is 13.3. The molecule has 0 aliphatic heterocycles. The molecule has 0 aliphatic rings. The summed E-state index contributed by atoms with van der Waals surface area (Å²) in [6.07, 6.45) is 8.95. The van der Waals surface area contributed by atoms with Crippen molar-refractivity contribution in [3.63, 3.8) is 0 Å². The van der Waals surface area contributed by atoms with Gasteiger partial charge in [-0.25, -0.2) is 0 Å². The van der Waals surface area contributed by atoms with E-state index in [0.29, 0.717) is 6.54 Å². The summed E-state index contributed by atoms with van der Waals surface area (Å²) >= 11 is 0. The standard InChI is InChI=1S/C11H16N4O/c1-4-5-10(12)11(16)14(2)7-9-6-13-15(3)8-9/h1,6,8,10H,5,7,12H2,2-3H3. The lowest BCUT2D eigenvalue weighted by Crippen LogP contribution is -2.41. The lowest BCUT2D eigenvalue weighted by atomic mass is 10.2. The zero-order chi connectivity index (χ0) is 12.1. The molecule has 1 amide bonds. The normalized spacial score (nSPS) is 11.9. The first-order chi connectivity index (χ1) is 7.54. The van der Waals surface area contributed by atoms with Crippen LogP contribution in [0.2, 0.25) is 0 Å². The third kappa shape index (κ3) is 3.11. The zero-order valence-corrected chi connectivity index (χ0v) is 9.55. The predicted octanol–water partition coefficient (Wildman–Crippen LogP) is -0.271. The number of carbonyl (C=O) groups excluding carboxylic acids is 1. The second kappa shape index (κ2) is 5.33. The Bertz CT molecular complexity index is 404. The number of rotatable bonds is 4. The van der Waals surface area contributed by atoms with Crippen LogP contribution in [0.1, 0.15) is 12.0 Å². The molecule has 1 atom stereocenters. The molecule has 0 aliphatic carbocycles. The van der Waals surface area contributed by atoms with E-state index in [4.69, 9.17) is 12.2 Å². The molecule has 0 radical (unpaired) electrons. The van der Waals surface area contributed by atoms with E-state index in [1.54, 1.807) is 22.8 Å². The Hall–Kier alpha value is -1.80. The minimum absolute atomic E-state index is 0.151. The van der Waals surface area contributed by atoms with Gasteiger partial charge in [0, 0.05) is 38.8 Å². The molecule has 5 heteroatoms. The van der Waals surface area contributed by atoms with Crippen molar-refractivity contribution < 1.29 is 4.79 Å². The van der Waals surface area contributed by atoms with Crippen LogP contribution < -0.4 is 5.73 Å². The van der Waals surface area contributed by atoms with Crippen LogP contribution in [0, 0.1) is 12.3 Å². The Morgan fingerprint density at radius 1 is 1.81 bits per heavy atom. The number of hydrogen-bond donors (Lipinski definition) is 1. The van der Waals surface area contributed by atoms with Crippen molar-refractivity contribution in [1.82, 2.24) is 14.7 Å². The molecule has 5 nitrogen and oxygen atoms in total. The molecule has 16 heavy (non-hydrogen) atoms. The lowest BCUT2D eigenvalue weighted by Gasteiger charge is -2.19. The third-order valence-electron chi connectivity index (χ3n) is 2.21. The number of amides is 1. The van der Waals surface area contributed by atoms with Gasteiger partial charge in [-0.1, -0.05) is 0 Å². The third-order valence-corrected chi connectivity index (χ3v) is 2.21. The van der Waals surface area contributed by atoms with Crippen LogP contribution >= 0.6 is 0 Å². The van der Waals surface area contributed by atoms with Crippen LogP contribution in [0.15, 0.2) is 12.4 Å². The summed E-state index contributed by atoms with van der Waals surface area (Å²) in [5.74, 6) is 2.23. The van der Waals surface area contributed by atoms with Crippen molar-refractivity contribution in [3.8, 4) is 12.3 Å². The molecule has 1 rings (SSSR count). The van der Waals surface area contributed by atoms with Gasteiger partial charge in [0.2, 0.25) is 5.91 Å². The van der Waals surface area contributed by atoms with E-state index >= 15 is 0 Å². The molecule has 0 fully saturated rings. The first kappa shape index (κ1) is 12.3. The number of nitrogens with zero attached hydrogens (tertiary/aromatic N) is 3. The van der Waals surface area contributed by atoms with Gasteiger partial charge in [0.1, 0.15) is 0 Å². The number of terminal acetylenes is 1. The maximum absolute atomic E-state index is 11.7. The highest BCUT2D eigenvalue weighted by Crippen LogP contribution is 2.03. The summed E-state index contributed by atoms with van der Waals surface area (Å²) in [6.45, 7) is 0.491. The van der Waals surface area contributed by atoms with Gasteiger partial charge in [-0.05, 0) is 0 Å². The SMILES string of the molecule is C#CCC(N)C(=O)N(C)Cc1cnn(C)c1. The number of aryl methyl sites for hydroxylation is 1. The van der Waals surface area contributed by atoms with Crippen LogP contribution in [0.5, 0.6) is 0 Å². The minimum atomic E-state index is -0.619. The van der Waals surface area contributed by atoms with Crippen molar-refractivity contribution >= 4 is 5.91 Å². The van der Waals surface area contributed by atoms with Crippen LogP contribution in [0.4, 0.5) is 0 Å². The first-order valence-corrected chi connectivity index (χ1v) is 4.96. The lowest BCUT2D eigenvalue weighted by molar-refractivity contribution is -0.131. The van der Waals surface area contributed by atoms with Gasteiger partial charge in [0.25, 0.3) is 0 Å². The van der Waals surface area contributed by atoms with E-state index in [1.807, 2.05) is 13.2 Å². The zero-order valence-electron chi connectivity index (χ0n) is 9.55. The van der Waals surface area contributed by atoms with Crippen LogP contribution in [0.3, 0.4) is 0 Å². The Labute approximate surface area is 95.2 Å². The molecule has 0 saturated heterocycles. The number of nitrogens with two attached hydrogens (primary N) is 1. The molecule has 1 aromatic rings. The molecular weight excluding hydrogens is 204 g/mol. The minimum Gasteiger partial charge on any atom is -0.340 e. The van der Waals surface area contributed by atoms with Gasteiger partial charge in [0.15, 0.2) is 0 Å². The molecule has 1 unspecified atom stereocenters. The second-order valence-electron chi connectivity index (χ2n) is 3.73. The fraction of sp³-hybridized carbons (Fsp3) is 0.455. The topological polar surface area (TPSA) is 64.2 Å². The molecule has 0 aromatic carbocycles. The summed E-state index contributed by atoms with van der Waals surface area (Å²) in [7, 11) is 3.53. The Balaban J connectivity index is 2.55. The van der Waals surface area contributed by atoms with Crippen molar-refractivity contribution in [2.24, 2.45) is 12.8 Å². The average Bonchev–Trinajstić information content (AvgIpc) is 2.63. The van der Waals surface area contributed by atoms with Crippen molar-refractivity contribution in [2.75, 3.05) is 7.05 Å². The van der Waals surface area contributed by atoms with Gasteiger partial charge >= 0.3 is 0 Å². The Morgan fingerprint density at radius 3 is 3.00 bits per heavy atom. The van der Waals surface area contributed by atoms with Gasteiger partial charge in [-0.2, -0.15) is 5.10 Å². The maximum Gasteiger partial charge on any atom is 0.240 e. The quantitative estimate of drug-likeness (QED) is 0.710. The van der Waals surface area contributed by atoms with E-state index in [9.17, 15) is 4.79 Å². The molecule has 1 heterocycles. The van der Waals surface area contributed by atoms with Gasteiger partial charge in [-0.15, -0.1) is 12.3 Å². The monoisotopic (exact) mass is 220 g/mol. The van der Waals surface area contributed by atoms with Crippen LogP contribution in [-0.2, 0) is 18.4 Å². The van der Waals surface area contributed by atoms with E-state index in [1.165, 1.54) is 0 Å². The van der Waals surface area contributed by atoms with E-state index < -0.39 is 6.04 Å². The van der Waals surface area contributed by atoms with Gasteiger partial charge in [0.05, 0.1) is 12.2 Å². The van der Waals surface area contributed by atoms with Crippen LogP contribution in [-0.4, -0.2) is 33.7 Å². The highest BCUT2D eigenvalue weighted by molar-refractivity contribution is 5.81. The molecular formula is C11H16N4O. The average molecular weight is 220 g/mol.